The highest BCUT2D eigenvalue weighted by Gasteiger charge is 2.25. The van der Waals surface area contributed by atoms with Crippen molar-refractivity contribution in [3.63, 3.8) is 0 Å². The second-order valence-electron chi connectivity index (χ2n) is 6.68. The van der Waals surface area contributed by atoms with Crippen LogP contribution in [-0.2, 0) is 6.42 Å². The Morgan fingerprint density at radius 3 is 2.73 bits per heavy atom. The summed E-state index contributed by atoms with van der Waals surface area (Å²) in [6.07, 6.45) is 5.05. The fourth-order valence-electron chi connectivity index (χ4n) is 3.35. The van der Waals surface area contributed by atoms with E-state index in [9.17, 15) is 0 Å². The smallest absolute Gasteiger partial charge is 0.191 e. The van der Waals surface area contributed by atoms with Crippen molar-refractivity contribution >= 4 is 5.96 Å². The average molecular weight is 358 g/mol. The Balaban J connectivity index is 1.62. The van der Waals surface area contributed by atoms with Crippen molar-refractivity contribution in [1.82, 2.24) is 15.5 Å². The predicted molar refractivity (Wildman–Crippen MR) is 103 cm³/mol. The third-order valence-electron chi connectivity index (χ3n) is 4.68. The highest BCUT2D eigenvalue weighted by atomic mass is 16.3. The van der Waals surface area contributed by atoms with Crippen LogP contribution >= 0.6 is 0 Å². The number of aryl methyl sites for hydroxylation is 1. The Hall–Kier alpha value is -2.21. The molecule has 3 rings (SSSR count). The van der Waals surface area contributed by atoms with Crippen molar-refractivity contribution in [2.24, 2.45) is 4.99 Å². The second-order valence-corrected chi connectivity index (χ2v) is 6.68. The molecule has 6 heteroatoms. The van der Waals surface area contributed by atoms with Gasteiger partial charge in [0.15, 0.2) is 5.96 Å². The van der Waals surface area contributed by atoms with Crippen molar-refractivity contribution in [1.29, 1.82) is 0 Å². The quantitative estimate of drug-likeness (QED) is 0.561. The number of likely N-dealkylation sites (tertiary alicyclic amines) is 1. The van der Waals surface area contributed by atoms with Crippen LogP contribution in [0.4, 0.5) is 0 Å². The van der Waals surface area contributed by atoms with Crippen molar-refractivity contribution in [3.8, 4) is 0 Å². The molecule has 0 saturated carbocycles. The minimum Gasteiger partial charge on any atom is -0.469 e. The second kappa shape index (κ2) is 9.48. The Morgan fingerprint density at radius 1 is 1.23 bits per heavy atom. The van der Waals surface area contributed by atoms with E-state index in [1.807, 2.05) is 25.1 Å². The van der Waals surface area contributed by atoms with Gasteiger partial charge in [-0.25, -0.2) is 0 Å². The number of aliphatic imine (C=N–C) groups is 1. The van der Waals surface area contributed by atoms with Crippen LogP contribution in [0.1, 0.15) is 43.1 Å². The summed E-state index contributed by atoms with van der Waals surface area (Å²) in [5, 5.41) is 6.72. The summed E-state index contributed by atoms with van der Waals surface area (Å²) in [5.74, 6) is 3.79. The predicted octanol–water partition coefficient (Wildman–Crippen LogP) is 3.12. The van der Waals surface area contributed by atoms with E-state index in [2.05, 4.69) is 28.5 Å². The molecule has 1 atom stereocenters. The summed E-state index contributed by atoms with van der Waals surface area (Å²) < 4.78 is 11.3. The number of furan rings is 2. The maximum absolute atomic E-state index is 5.92. The first-order valence-electron chi connectivity index (χ1n) is 9.61. The SMILES string of the molecule is CCNC(=NCC(c1ccc(C)o1)N1CCCC1)NCCc1ccco1. The normalized spacial score (nSPS) is 16.8. The number of hydrogen-bond acceptors (Lipinski definition) is 4. The lowest BCUT2D eigenvalue weighted by Gasteiger charge is -2.24. The molecule has 2 N–H and O–H groups in total. The van der Waals surface area contributed by atoms with Crippen LogP contribution in [0.15, 0.2) is 44.4 Å². The first-order valence-corrected chi connectivity index (χ1v) is 9.61. The number of nitrogens with one attached hydrogen (secondary N) is 2. The fourth-order valence-corrected chi connectivity index (χ4v) is 3.35. The zero-order valence-electron chi connectivity index (χ0n) is 15.8. The fraction of sp³-hybridized carbons (Fsp3) is 0.550. The molecule has 0 aliphatic carbocycles. The van der Waals surface area contributed by atoms with E-state index in [1.54, 1.807) is 6.26 Å². The van der Waals surface area contributed by atoms with Gasteiger partial charge in [-0.05, 0) is 64.0 Å². The summed E-state index contributed by atoms with van der Waals surface area (Å²) in [4.78, 5) is 7.31. The van der Waals surface area contributed by atoms with Crippen molar-refractivity contribution in [2.45, 2.75) is 39.2 Å². The van der Waals surface area contributed by atoms with Gasteiger partial charge in [-0.3, -0.25) is 9.89 Å². The third kappa shape index (κ3) is 5.14. The van der Waals surface area contributed by atoms with Gasteiger partial charge in [-0.2, -0.15) is 0 Å². The van der Waals surface area contributed by atoms with Crippen LogP contribution in [0.3, 0.4) is 0 Å². The number of rotatable bonds is 8. The van der Waals surface area contributed by atoms with E-state index in [1.165, 1.54) is 12.8 Å². The monoisotopic (exact) mass is 358 g/mol. The van der Waals surface area contributed by atoms with Gasteiger partial charge in [-0.15, -0.1) is 0 Å². The molecule has 6 nitrogen and oxygen atoms in total. The Labute approximate surface area is 155 Å². The maximum atomic E-state index is 5.92. The maximum Gasteiger partial charge on any atom is 0.191 e. The number of guanidine groups is 1. The lowest BCUT2D eigenvalue weighted by molar-refractivity contribution is 0.219. The van der Waals surface area contributed by atoms with Crippen molar-refractivity contribution < 1.29 is 8.83 Å². The Morgan fingerprint density at radius 2 is 2.08 bits per heavy atom. The first kappa shape index (κ1) is 18.6. The highest BCUT2D eigenvalue weighted by Crippen LogP contribution is 2.26. The van der Waals surface area contributed by atoms with E-state index in [0.29, 0.717) is 6.54 Å². The van der Waals surface area contributed by atoms with Crippen LogP contribution in [0.2, 0.25) is 0 Å². The molecule has 1 saturated heterocycles. The molecule has 1 aliphatic rings. The van der Waals surface area contributed by atoms with E-state index >= 15 is 0 Å². The average Bonchev–Trinajstić information content (AvgIpc) is 3.38. The minimum atomic E-state index is 0.201. The van der Waals surface area contributed by atoms with Gasteiger partial charge in [0, 0.05) is 19.5 Å². The summed E-state index contributed by atoms with van der Waals surface area (Å²) in [5.41, 5.74) is 0. The molecule has 0 radical (unpaired) electrons. The van der Waals surface area contributed by atoms with Gasteiger partial charge >= 0.3 is 0 Å². The topological polar surface area (TPSA) is 65.9 Å². The third-order valence-corrected chi connectivity index (χ3v) is 4.68. The molecular weight excluding hydrogens is 328 g/mol. The van der Waals surface area contributed by atoms with Crippen LogP contribution in [0.5, 0.6) is 0 Å². The van der Waals surface area contributed by atoms with E-state index in [0.717, 1.165) is 55.8 Å². The Bertz CT molecular complexity index is 672. The van der Waals surface area contributed by atoms with Gasteiger partial charge in [0.2, 0.25) is 0 Å². The molecule has 1 fully saturated rings. The highest BCUT2D eigenvalue weighted by molar-refractivity contribution is 5.79. The lowest BCUT2D eigenvalue weighted by Crippen LogP contribution is -2.39. The lowest BCUT2D eigenvalue weighted by atomic mass is 10.2. The molecule has 142 valence electrons. The molecule has 2 aromatic heterocycles. The largest absolute Gasteiger partial charge is 0.469 e. The van der Waals surface area contributed by atoms with Gasteiger partial charge < -0.3 is 19.5 Å². The number of hydrogen-bond donors (Lipinski definition) is 2. The van der Waals surface area contributed by atoms with Gasteiger partial charge in [0.05, 0.1) is 18.8 Å². The van der Waals surface area contributed by atoms with Crippen LogP contribution in [0, 0.1) is 6.92 Å². The Kier molecular flexibility index (Phi) is 6.77. The summed E-state index contributed by atoms with van der Waals surface area (Å²) in [7, 11) is 0. The molecule has 0 aromatic carbocycles. The molecule has 1 unspecified atom stereocenters. The van der Waals surface area contributed by atoms with Crippen molar-refractivity contribution in [2.75, 3.05) is 32.7 Å². The van der Waals surface area contributed by atoms with Crippen LogP contribution in [0.25, 0.3) is 0 Å². The van der Waals surface area contributed by atoms with E-state index in [-0.39, 0.29) is 6.04 Å². The molecule has 0 bridgehead atoms. The van der Waals surface area contributed by atoms with E-state index in [4.69, 9.17) is 13.8 Å². The van der Waals surface area contributed by atoms with E-state index < -0.39 is 0 Å². The number of nitrogens with zero attached hydrogens (tertiary/aromatic N) is 2. The van der Waals surface area contributed by atoms with Gasteiger partial charge in [-0.1, -0.05) is 0 Å². The molecular formula is C20H30N4O2. The summed E-state index contributed by atoms with van der Waals surface area (Å²) in [6, 6.07) is 8.24. The molecule has 3 heterocycles. The summed E-state index contributed by atoms with van der Waals surface area (Å²) >= 11 is 0. The minimum absolute atomic E-state index is 0.201. The van der Waals surface area contributed by atoms with Crippen molar-refractivity contribution in [3.05, 3.63) is 47.8 Å². The standard InChI is InChI=1S/C20H30N4O2/c1-3-21-20(22-11-10-17-7-6-14-25-17)23-15-18(24-12-4-5-13-24)19-9-8-16(2)26-19/h6-9,14,18H,3-5,10-13,15H2,1-2H3,(H2,21,22,23). The van der Waals surface area contributed by atoms with Crippen LogP contribution in [-0.4, -0.2) is 43.6 Å². The molecule has 26 heavy (non-hydrogen) atoms. The zero-order valence-corrected chi connectivity index (χ0v) is 15.8. The molecule has 0 spiro atoms. The van der Waals surface area contributed by atoms with Gasteiger partial charge in [0.25, 0.3) is 0 Å². The van der Waals surface area contributed by atoms with Gasteiger partial charge in [0.1, 0.15) is 17.3 Å². The molecule has 1 aliphatic heterocycles. The molecule has 2 aromatic rings. The van der Waals surface area contributed by atoms with Crippen LogP contribution < -0.4 is 10.6 Å². The zero-order chi connectivity index (χ0) is 18.2. The molecule has 0 amide bonds. The summed E-state index contributed by atoms with van der Waals surface area (Å²) in [6.45, 7) is 8.61. The first-order chi connectivity index (χ1) is 12.8.